The molecule has 4 atom stereocenters. The Morgan fingerprint density at radius 3 is 2.50 bits per heavy atom. The minimum absolute atomic E-state index is 0.364. The largest absolute Gasteiger partial charge is 0.326 e. The van der Waals surface area contributed by atoms with Crippen molar-refractivity contribution in [2.24, 2.45) is 11.7 Å². The van der Waals surface area contributed by atoms with E-state index >= 15 is 0 Å². The van der Waals surface area contributed by atoms with Gasteiger partial charge in [-0.05, 0) is 38.5 Å². The Kier molecular flexibility index (Phi) is 5.77. The van der Waals surface area contributed by atoms with E-state index in [1.807, 2.05) is 0 Å². The van der Waals surface area contributed by atoms with Gasteiger partial charge in [0.15, 0.2) is 0 Å². The fourth-order valence-corrected chi connectivity index (χ4v) is 3.09. The summed E-state index contributed by atoms with van der Waals surface area (Å²) >= 11 is 0. The number of piperidine rings is 1. The minimum atomic E-state index is 0.364. The Morgan fingerprint density at radius 2 is 1.94 bits per heavy atom. The molecule has 0 aromatic rings. The molecule has 96 valence electrons. The van der Waals surface area contributed by atoms with Crippen molar-refractivity contribution in [3.05, 3.63) is 0 Å². The predicted octanol–water partition coefficient (Wildman–Crippen LogP) is 3.01. The summed E-state index contributed by atoms with van der Waals surface area (Å²) in [5.41, 5.74) is 6.34. The molecule has 1 aliphatic rings. The number of rotatable bonds is 5. The lowest BCUT2D eigenvalue weighted by molar-refractivity contribution is 0.0601. The average molecular weight is 226 g/mol. The number of nitrogens with two attached hydrogens (primary N) is 1. The van der Waals surface area contributed by atoms with Crippen LogP contribution in [-0.4, -0.2) is 29.6 Å². The topological polar surface area (TPSA) is 29.3 Å². The molecule has 16 heavy (non-hydrogen) atoms. The van der Waals surface area contributed by atoms with Gasteiger partial charge in [0.2, 0.25) is 0 Å². The van der Waals surface area contributed by atoms with E-state index in [1.165, 1.54) is 32.2 Å². The van der Waals surface area contributed by atoms with Gasteiger partial charge in [0.25, 0.3) is 0 Å². The highest BCUT2D eigenvalue weighted by molar-refractivity contribution is 4.87. The zero-order valence-corrected chi connectivity index (χ0v) is 11.6. The van der Waals surface area contributed by atoms with E-state index in [-0.39, 0.29) is 0 Å². The Labute approximate surface area is 102 Å². The van der Waals surface area contributed by atoms with Crippen molar-refractivity contribution in [1.82, 2.24) is 4.90 Å². The van der Waals surface area contributed by atoms with Crippen molar-refractivity contribution in [2.45, 2.75) is 77.9 Å². The number of nitrogens with zero attached hydrogens (tertiary/aromatic N) is 1. The molecule has 1 fully saturated rings. The molecule has 2 heteroatoms. The maximum Gasteiger partial charge on any atom is 0.0247 e. The molecule has 0 bridgehead atoms. The molecule has 2 N–H and O–H groups in total. The van der Waals surface area contributed by atoms with Crippen LogP contribution < -0.4 is 5.73 Å². The Hall–Kier alpha value is -0.0800. The summed E-state index contributed by atoms with van der Waals surface area (Å²) in [6.07, 6.45) is 6.29. The van der Waals surface area contributed by atoms with Gasteiger partial charge < -0.3 is 5.73 Å². The second kappa shape index (κ2) is 6.61. The van der Waals surface area contributed by atoms with Crippen molar-refractivity contribution in [3.8, 4) is 0 Å². The molecule has 0 spiro atoms. The Bertz CT molecular complexity index is 193. The first-order valence-electron chi connectivity index (χ1n) is 7.11. The van der Waals surface area contributed by atoms with Crippen LogP contribution in [0.2, 0.25) is 0 Å². The molecule has 4 unspecified atom stereocenters. The fraction of sp³-hybridized carbons (Fsp3) is 1.00. The lowest BCUT2D eigenvalue weighted by Crippen LogP contribution is -2.54. The molecule has 0 aliphatic carbocycles. The molecule has 0 saturated carbocycles. The average Bonchev–Trinajstić information content (AvgIpc) is 2.24. The third-order valence-electron chi connectivity index (χ3n) is 4.13. The number of hydrogen-bond acceptors (Lipinski definition) is 2. The van der Waals surface area contributed by atoms with Crippen LogP contribution in [0, 0.1) is 5.92 Å². The van der Waals surface area contributed by atoms with Crippen LogP contribution in [0.1, 0.15) is 59.8 Å². The molecular formula is C14H30N2. The monoisotopic (exact) mass is 226 g/mol. The minimum Gasteiger partial charge on any atom is -0.326 e. The van der Waals surface area contributed by atoms with E-state index in [0.717, 1.165) is 18.4 Å². The van der Waals surface area contributed by atoms with Crippen LogP contribution in [-0.2, 0) is 0 Å². The molecule has 1 aliphatic heterocycles. The van der Waals surface area contributed by atoms with Gasteiger partial charge in [-0.2, -0.15) is 0 Å². The standard InChI is InChI=1S/C14H30N2/c1-5-7-13(15)14(6-2)16-10-11(3)8-9-12(16)4/h11-14H,5-10,15H2,1-4H3. The zero-order chi connectivity index (χ0) is 12.1. The molecule has 1 saturated heterocycles. The third kappa shape index (κ3) is 3.46. The van der Waals surface area contributed by atoms with Crippen molar-refractivity contribution in [2.75, 3.05) is 6.54 Å². The highest BCUT2D eigenvalue weighted by Crippen LogP contribution is 2.26. The highest BCUT2D eigenvalue weighted by Gasteiger charge is 2.30. The van der Waals surface area contributed by atoms with E-state index < -0.39 is 0 Å². The van der Waals surface area contributed by atoms with Crippen molar-refractivity contribution >= 4 is 0 Å². The van der Waals surface area contributed by atoms with Crippen LogP contribution in [0.25, 0.3) is 0 Å². The number of likely N-dealkylation sites (tertiary alicyclic amines) is 1. The van der Waals surface area contributed by atoms with Crippen molar-refractivity contribution < 1.29 is 0 Å². The van der Waals surface area contributed by atoms with Gasteiger partial charge in [-0.1, -0.05) is 27.2 Å². The Balaban J connectivity index is 2.62. The molecule has 2 nitrogen and oxygen atoms in total. The molecule has 0 amide bonds. The Morgan fingerprint density at radius 1 is 1.25 bits per heavy atom. The first-order valence-corrected chi connectivity index (χ1v) is 7.11. The summed E-state index contributed by atoms with van der Waals surface area (Å²) in [5.74, 6) is 0.846. The SMILES string of the molecule is CCCC(N)C(CC)N1CC(C)CCC1C. The molecular weight excluding hydrogens is 196 g/mol. The molecule has 1 rings (SSSR count). The van der Waals surface area contributed by atoms with Crippen LogP contribution >= 0.6 is 0 Å². The maximum absolute atomic E-state index is 6.34. The van der Waals surface area contributed by atoms with E-state index in [2.05, 4.69) is 32.6 Å². The lowest BCUT2D eigenvalue weighted by atomic mass is 9.90. The second-order valence-corrected chi connectivity index (χ2v) is 5.66. The van der Waals surface area contributed by atoms with E-state index in [9.17, 15) is 0 Å². The smallest absolute Gasteiger partial charge is 0.0247 e. The fourth-order valence-electron chi connectivity index (χ4n) is 3.09. The molecule has 0 radical (unpaired) electrons. The summed E-state index contributed by atoms with van der Waals surface area (Å²) in [4.78, 5) is 2.68. The summed E-state index contributed by atoms with van der Waals surface area (Å²) in [7, 11) is 0. The molecule has 0 aromatic heterocycles. The van der Waals surface area contributed by atoms with E-state index in [1.54, 1.807) is 0 Å². The quantitative estimate of drug-likeness (QED) is 0.781. The van der Waals surface area contributed by atoms with Crippen LogP contribution in [0.5, 0.6) is 0 Å². The highest BCUT2D eigenvalue weighted by atomic mass is 15.2. The van der Waals surface area contributed by atoms with Gasteiger partial charge in [0.05, 0.1) is 0 Å². The van der Waals surface area contributed by atoms with Gasteiger partial charge >= 0.3 is 0 Å². The predicted molar refractivity (Wildman–Crippen MR) is 71.5 cm³/mol. The van der Waals surface area contributed by atoms with Gasteiger partial charge in [-0.15, -0.1) is 0 Å². The van der Waals surface area contributed by atoms with Crippen LogP contribution in [0.15, 0.2) is 0 Å². The van der Waals surface area contributed by atoms with Crippen molar-refractivity contribution in [1.29, 1.82) is 0 Å². The molecule has 0 aromatic carbocycles. The van der Waals surface area contributed by atoms with Crippen molar-refractivity contribution in [3.63, 3.8) is 0 Å². The molecule has 1 heterocycles. The van der Waals surface area contributed by atoms with Crippen LogP contribution in [0.4, 0.5) is 0 Å². The summed E-state index contributed by atoms with van der Waals surface area (Å²) in [6.45, 7) is 10.5. The van der Waals surface area contributed by atoms with E-state index in [0.29, 0.717) is 12.1 Å². The summed E-state index contributed by atoms with van der Waals surface area (Å²) < 4.78 is 0. The second-order valence-electron chi connectivity index (χ2n) is 5.66. The lowest BCUT2D eigenvalue weighted by Gasteiger charge is -2.44. The number of hydrogen-bond donors (Lipinski definition) is 1. The first-order chi connectivity index (χ1) is 7.60. The van der Waals surface area contributed by atoms with Gasteiger partial charge in [0.1, 0.15) is 0 Å². The summed E-state index contributed by atoms with van der Waals surface area (Å²) in [6, 6.07) is 1.68. The van der Waals surface area contributed by atoms with Gasteiger partial charge in [-0.25, -0.2) is 0 Å². The first kappa shape index (κ1) is 14.0. The van der Waals surface area contributed by atoms with E-state index in [4.69, 9.17) is 5.73 Å². The third-order valence-corrected chi connectivity index (χ3v) is 4.13. The maximum atomic E-state index is 6.34. The summed E-state index contributed by atoms with van der Waals surface area (Å²) in [5, 5.41) is 0. The van der Waals surface area contributed by atoms with Gasteiger partial charge in [-0.3, -0.25) is 4.90 Å². The normalized spacial score (nSPS) is 31.3. The van der Waals surface area contributed by atoms with Gasteiger partial charge in [0, 0.05) is 24.7 Å². The van der Waals surface area contributed by atoms with Crippen LogP contribution in [0.3, 0.4) is 0 Å². The zero-order valence-electron chi connectivity index (χ0n) is 11.6.